The van der Waals surface area contributed by atoms with Crippen molar-refractivity contribution >= 4 is 34.4 Å². The molecule has 0 fully saturated rings. The maximum absolute atomic E-state index is 12.9. The number of nitrogens with one attached hydrogen (secondary N) is 1. The Labute approximate surface area is 150 Å². The highest BCUT2D eigenvalue weighted by atomic mass is 32.1. The molecule has 5 nitrogen and oxygen atoms in total. The largest absolute Gasteiger partial charge is 0.383 e. The van der Waals surface area contributed by atoms with Gasteiger partial charge >= 0.3 is 0 Å². The van der Waals surface area contributed by atoms with Gasteiger partial charge in [-0.15, -0.1) is 11.3 Å². The number of amides is 2. The van der Waals surface area contributed by atoms with Gasteiger partial charge < -0.3 is 10.1 Å². The van der Waals surface area contributed by atoms with Crippen LogP contribution < -0.4 is 5.32 Å². The number of rotatable bonds is 6. The summed E-state index contributed by atoms with van der Waals surface area (Å²) in [5.74, 6) is -0.594. The fourth-order valence-electron chi connectivity index (χ4n) is 2.75. The molecule has 6 heteroatoms. The van der Waals surface area contributed by atoms with E-state index in [0.29, 0.717) is 17.9 Å². The van der Waals surface area contributed by atoms with Crippen LogP contribution in [0.2, 0.25) is 0 Å². The fourth-order valence-corrected chi connectivity index (χ4v) is 3.52. The number of methoxy groups -OCH3 is 1. The lowest BCUT2D eigenvalue weighted by atomic mass is 10.1. The first-order valence-corrected chi connectivity index (χ1v) is 8.89. The first-order valence-electron chi connectivity index (χ1n) is 8.01. The maximum Gasteiger partial charge on any atom is 0.278 e. The molecule has 1 aliphatic heterocycles. The number of hydrogen-bond acceptors (Lipinski definition) is 5. The summed E-state index contributed by atoms with van der Waals surface area (Å²) in [6, 6.07) is 9.59. The van der Waals surface area contributed by atoms with Crippen LogP contribution in [0.1, 0.15) is 16.0 Å². The van der Waals surface area contributed by atoms with Gasteiger partial charge in [-0.1, -0.05) is 18.2 Å². The zero-order chi connectivity index (χ0) is 18.0. The Morgan fingerprint density at radius 2 is 1.92 bits per heavy atom. The van der Waals surface area contributed by atoms with Gasteiger partial charge in [-0.25, -0.2) is 0 Å². The quantitative estimate of drug-likeness (QED) is 0.808. The Morgan fingerprint density at radius 1 is 1.12 bits per heavy atom. The summed E-state index contributed by atoms with van der Waals surface area (Å²) >= 11 is 1.44. The van der Waals surface area contributed by atoms with Gasteiger partial charge in [-0.2, -0.15) is 0 Å². The lowest BCUT2D eigenvalue weighted by Gasteiger charge is -2.15. The standard InChI is InChI=1S/C19H20N2O3S/c1-12-6-4-7-14(13(12)2)20-17-16(15-8-5-11-25-15)18(22)21(19(17)23)9-10-24-3/h4-8,11,20H,9-10H2,1-3H3. The Morgan fingerprint density at radius 3 is 2.60 bits per heavy atom. The molecule has 3 rings (SSSR count). The van der Waals surface area contributed by atoms with Crippen molar-refractivity contribution in [2.24, 2.45) is 0 Å². The molecule has 1 N–H and O–H groups in total. The number of thiophene rings is 1. The summed E-state index contributed by atoms with van der Waals surface area (Å²) in [5.41, 5.74) is 3.76. The molecule has 2 amide bonds. The van der Waals surface area contributed by atoms with Gasteiger partial charge in [0, 0.05) is 17.7 Å². The zero-order valence-corrected chi connectivity index (χ0v) is 15.3. The van der Waals surface area contributed by atoms with Crippen LogP contribution in [0.5, 0.6) is 0 Å². The third kappa shape index (κ3) is 3.23. The van der Waals surface area contributed by atoms with Gasteiger partial charge in [-0.05, 0) is 42.5 Å². The van der Waals surface area contributed by atoms with E-state index in [1.807, 2.05) is 49.6 Å². The molecule has 0 bridgehead atoms. The van der Waals surface area contributed by atoms with Crippen molar-refractivity contribution in [3.05, 3.63) is 57.4 Å². The Hall–Kier alpha value is -2.44. The van der Waals surface area contributed by atoms with E-state index < -0.39 is 0 Å². The number of anilines is 1. The molecule has 2 aromatic rings. The minimum atomic E-state index is -0.314. The highest BCUT2D eigenvalue weighted by molar-refractivity contribution is 7.11. The van der Waals surface area contributed by atoms with Crippen LogP contribution in [-0.4, -0.2) is 37.0 Å². The molecule has 0 spiro atoms. The molecular formula is C19H20N2O3S. The number of aryl methyl sites for hydroxylation is 1. The van der Waals surface area contributed by atoms with Crippen molar-refractivity contribution in [1.29, 1.82) is 0 Å². The minimum Gasteiger partial charge on any atom is -0.383 e. The third-order valence-corrected chi connectivity index (χ3v) is 5.21. The second-order valence-electron chi connectivity index (χ2n) is 5.85. The van der Waals surface area contributed by atoms with E-state index in [4.69, 9.17) is 4.74 Å². The van der Waals surface area contributed by atoms with Crippen LogP contribution in [0, 0.1) is 13.8 Å². The molecule has 0 aliphatic carbocycles. The predicted octanol–water partition coefficient (Wildman–Crippen LogP) is 3.20. The van der Waals surface area contributed by atoms with E-state index in [0.717, 1.165) is 21.7 Å². The molecule has 1 aromatic carbocycles. The van der Waals surface area contributed by atoms with E-state index in [1.54, 1.807) is 7.11 Å². The zero-order valence-electron chi connectivity index (χ0n) is 14.5. The molecular weight excluding hydrogens is 336 g/mol. The van der Waals surface area contributed by atoms with Crippen LogP contribution in [0.25, 0.3) is 5.57 Å². The molecule has 2 heterocycles. The van der Waals surface area contributed by atoms with E-state index >= 15 is 0 Å². The number of carbonyl (C=O) groups is 2. The smallest absolute Gasteiger partial charge is 0.278 e. The van der Waals surface area contributed by atoms with Crippen molar-refractivity contribution < 1.29 is 14.3 Å². The molecule has 0 saturated heterocycles. The number of nitrogens with zero attached hydrogens (tertiary/aromatic N) is 1. The number of ether oxygens (including phenoxy) is 1. The average Bonchev–Trinajstić information content (AvgIpc) is 3.18. The van der Waals surface area contributed by atoms with Crippen molar-refractivity contribution in [3.8, 4) is 0 Å². The number of benzene rings is 1. The van der Waals surface area contributed by atoms with Crippen molar-refractivity contribution in [2.75, 3.05) is 25.6 Å². The molecule has 25 heavy (non-hydrogen) atoms. The van der Waals surface area contributed by atoms with Crippen LogP contribution in [0.15, 0.2) is 41.4 Å². The average molecular weight is 356 g/mol. The molecule has 1 aliphatic rings. The number of imide groups is 1. The van der Waals surface area contributed by atoms with Gasteiger partial charge in [0.1, 0.15) is 5.70 Å². The van der Waals surface area contributed by atoms with Crippen LogP contribution in [0.3, 0.4) is 0 Å². The molecule has 0 saturated carbocycles. The summed E-state index contributed by atoms with van der Waals surface area (Å²) in [7, 11) is 1.55. The van der Waals surface area contributed by atoms with Gasteiger partial charge in [-0.3, -0.25) is 14.5 Å². The van der Waals surface area contributed by atoms with Crippen molar-refractivity contribution in [2.45, 2.75) is 13.8 Å². The third-order valence-electron chi connectivity index (χ3n) is 4.32. The van der Waals surface area contributed by atoms with Crippen LogP contribution in [-0.2, 0) is 14.3 Å². The molecule has 0 radical (unpaired) electrons. The lowest BCUT2D eigenvalue weighted by Crippen LogP contribution is -2.35. The summed E-state index contributed by atoms with van der Waals surface area (Å²) < 4.78 is 5.03. The highest BCUT2D eigenvalue weighted by Crippen LogP contribution is 2.33. The Balaban J connectivity index is 2.03. The van der Waals surface area contributed by atoms with Crippen molar-refractivity contribution in [3.63, 3.8) is 0 Å². The molecule has 130 valence electrons. The Bertz CT molecular complexity index is 840. The van der Waals surface area contributed by atoms with E-state index in [2.05, 4.69) is 5.32 Å². The highest BCUT2D eigenvalue weighted by Gasteiger charge is 2.39. The van der Waals surface area contributed by atoms with Crippen molar-refractivity contribution in [1.82, 2.24) is 4.90 Å². The number of carbonyl (C=O) groups excluding carboxylic acids is 2. The van der Waals surface area contributed by atoms with E-state index in [-0.39, 0.29) is 18.4 Å². The summed E-state index contributed by atoms with van der Waals surface area (Å²) in [6.07, 6.45) is 0. The normalized spacial score (nSPS) is 14.6. The fraction of sp³-hybridized carbons (Fsp3) is 0.263. The van der Waals surface area contributed by atoms with E-state index in [9.17, 15) is 9.59 Å². The van der Waals surface area contributed by atoms with Gasteiger partial charge in [0.05, 0.1) is 18.7 Å². The molecule has 0 atom stereocenters. The van der Waals surface area contributed by atoms with Gasteiger partial charge in [0.2, 0.25) is 0 Å². The number of hydrogen-bond donors (Lipinski definition) is 1. The summed E-state index contributed by atoms with van der Waals surface area (Å²) in [5, 5.41) is 5.10. The minimum absolute atomic E-state index is 0.237. The topological polar surface area (TPSA) is 58.6 Å². The maximum atomic E-state index is 12.9. The first-order chi connectivity index (χ1) is 12.0. The lowest BCUT2D eigenvalue weighted by molar-refractivity contribution is -0.137. The summed E-state index contributed by atoms with van der Waals surface area (Å²) in [4.78, 5) is 27.7. The predicted molar refractivity (Wildman–Crippen MR) is 99.4 cm³/mol. The molecule has 1 aromatic heterocycles. The molecule has 0 unspecified atom stereocenters. The van der Waals surface area contributed by atoms with Crippen LogP contribution >= 0.6 is 11.3 Å². The second-order valence-corrected chi connectivity index (χ2v) is 6.80. The van der Waals surface area contributed by atoms with Gasteiger partial charge in [0.25, 0.3) is 11.8 Å². The Kier molecular flexibility index (Phi) is 5.01. The monoisotopic (exact) mass is 356 g/mol. The first kappa shape index (κ1) is 17.4. The SMILES string of the molecule is COCCN1C(=O)C(Nc2cccc(C)c2C)=C(c2cccs2)C1=O. The van der Waals surface area contributed by atoms with Crippen LogP contribution in [0.4, 0.5) is 5.69 Å². The van der Waals surface area contributed by atoms with Gasteiger partial charge in [0.15, 0.2) is 0 Å². The second kappa shape index (κ2) is 7.21. The van der Waals surface area contributed by atoms with E-state index in [1.165, 1.54) is 16.2 Å². The summed E-state index contributed by atoms with van der Waals surface area (Å²) in [6.45, 7) is 4.56.